The molecular weight excluding hydrogens is 444 g/mol. The third kappa shape index (κ3) is 6.49. The Hall–Kier alpha value is -2.71. The van der Waals surface area contributed by atoms with E-state index in [9.17, 15) is 14.4 Å². The molecule has 1 aromatic carbocycles. The van der Waals surface area contributed by atoms with E-state index >= 15 is 0 Å². The summed E-state index contributed by atoms with van der Waals surface area (Å²) in [7, 11) is 1.65. The molecule has 3 amide bonds. The number of allylic oxidation sites excluding steroid dienone is 2. The van der Waals surface area contributed by atoms with Crippen molar-refractivity contribution in [2.45, 2.75) is 50.6 Å². The first kappa shape index (κ1) is 25.4. The number of nitrogens with zero attached hydrogens (tertiary/aromatic N) is 1. The van der Waals surface area contributed by atoms with E-state index in [4.69, 9.17) is 4.74 Å². The summed E-state index contributed by atoms with van der Waals surface area (Å²) in [5.74, 6) is 0.0118. The van der Waals surface area contributed by atoms with E-state index in [2.05, 4.69) is 33.0 Å². The van der Waals surface area contributed by atoms with Gasteiger partial charge in [-0.05, 0) is 43.6 Å². The molecule has 0 saturated carbocycles. The summed E-state index contributed by atoms with van der Waals surface area (Å²) < 4.78 is 5.56. The number of carbonyl (C=O) groups excluding carboxylic acids is 3. The molecule has 1 aromatic rings. The smallest absolute Gasteiger partial charge is 0.243 e. The highest BCUT2D eigenvalue weighted by Gasteiger charge is 2.41. The Labute approximate surface area is 207 Å². The lowest BCUT2D eigenvalue weighted by molar-refractivity contribution is -0.140. The molecule has 3 aliphatic rings. The SMILES string of the molecule is CNC(=O)CN1CC[C@H]2NC(=O)[C@@H](Cc3ccccc3)NC(=O)C3(C/C=C/C[C@H]2C1)CCOCC3. The molecule has 0 radical (unpaired) electrons. The van der Waals surface area contributed by atoms with Gasteiger partial charge in [-0.1, -0.05) is 42.5 Å². The van der Waals surface area contributed by atoms with Gasteiger partial charge >= 0.3 is 0 Å². The van der Waals surface area contributed by atoms with Crippen LogP contribution in [0, 0.1) is 11.3 Å². The van der Waals surface area contributed by atoms with Crippen LogP contribution in [0.25, 0.3) is 0 Å². The molecule has 2 fully saturated rings. The third-order valence-corrected chi connectivity index (χ3v) is 7.74. The molecule has 35 heavy (non-hydrogen) atoms. The molecule has 0 unspecified atom stereocenters. The monoisotopic (exact) mass is 482 g/mol. The zero-order chi connectivity index (χ0) is 24.7. The molecule has 0 bridgehead atoms. The van der Waals surface area contributed by atoms with Crippen LogP contribution in [-0.4, -0.2) is 74.6 Å². The molecule has 0 aliphatic carbocycles. The van der Waals surface area contributed by atoms with Crippen LogP contribution in [0.4, 0.5) is 0 Å². The number of ether oxygens (including phenoxy) is 1. The van der Waals surface area contributed by atoms with Gasteiger partial charge in [-0.2, -0.15) is 0 Å². The van der Waals surface area contributed by atoms with Gasteiger partial charge in [-0.3, -0.25) is 19.3 Å². The van der Waals surface area contributed by atoms with E-state index in [0.29, 0.717) is 45.4 Å². The first-order valence-electron chi connectivity index (χ1n) is 12.8. The molecule has 3 heterocycles. The fourth-order valence-electron chi connectivity index (χ4n) is 5.48. The molecule has 3 atom stereocenters. The van der Waals surface area contributed by atoms with Crippen molar-refractivity contribution in [3.05, 3.63) is 48.0 Å². The van der Waals surface area contributed by atoms with Crippen LogP contribution in [0.3, 0.4) is 0 Å². The predicted octanol–water partition coefficient (Wildman–Crippen LogP) is 1.41. The van der Waals surface area contributed by atoms with Gasteiger partial charge in [0.05, 0.1) is 12.0 Å². The van der Waals surface area contributed by atoms with Crippen molar-refractivity contribution in [3.8, 4) is 0 Å². The maximum atomic E-state index is 13.6. The van der Waals surface area contributed by atoms with Crippen LogP contribution < -0.4 is 16.0 Å². The number of amides is 3. The average molecular weight is 483 g/mol. The largest absolute Gasteiger partial charge is 0.381 e. The summed E-state index contributed by atoms with van der Waals surface area (Å²) in [4.78, 5) is 41.2. The number of hydrogen-bond acceptors (Lipinski definition) is 5. The minimum atomic E-state index is -0.641. The zero-order valence-electron chi connectivity index (χ0n) is 20.6. The summed E-state index contributed by atoms with van der Waals surface area (Å²) in [6.07, 6.45) is 8.24. The minimum Gasteiger partial charge on any atom is -0.381 e. The second-order valence-corrected chi connectivity index (χ2v) is 10.1. The van der Waals surface area contributed by atoms with Crippen LogP contribution in [0.5, 0.6) is 0 Å². The summed E-state index contributed by atoms with van der Waals surface area (Å²) >= 11 is 0. The van der Waals surface area contributed by atoms with Gasteiger partial charge < -0.3 is 20.7 Å². The molecule has 2 saturated heterocycles. The van der Waals surface area contributed by atoms with Crippen LogP contribution >= 0.6 is 0 Å². The number of piperidine rings is 1. The Bertz CT molecular complexity index is 913. The normalized spacial score (nSPS) is 28.5. The number of carbonyl (C=O) groups is 3. The van der Waals surface area contributed by atoms with E-state index in [0.717, 1.165) is 31.5 Å². The number of nitrogens with one attached hydrogen (secondary N) is 3. The number of fused-ring (bicyclic) bond motifs is 1. The van der Waals surface area contributed by atoms with E-state index in [1.807, 2.05) is 30.3 Å². The van der Waals surface area contributed by atoms with E-state index < -0.39 is 11.5 Å². The van der Waals surface area contributed by atoms with Crippen LogP contribution in [0.15, 0.2) is 42.5 Å². The molecule has 8 heteroatoms. The Kier molecular flexibility index (Phi) is 8.57. The van der Waals surface area contributed by atoms with Crippen molar-refractivity contribution in [2.24, 2.45) is 11.3 Å². The van der Waals surface area contributed by atoms with Crippen LogP contribution in [0.1, 0.15) is 37.7 Å². The summed E-state index contributed by atoms with van der Waals surface area (Å²) in [6, 6.07) is 9.19. The molecule has 3 N–H and O–H groups in total. The average Bonchev–Trinajstić information content (AvgIpc) is 2.88. The van der Waals surface area contributed by atoms with Gasteiger partial charge in [-0.15, -0.1) is 0 Å². The van der Waals surface area contributed by atoms with Gasteiger partial charge in [0.25, 0.3) is 0 Å². The number of rotatable bonds is 4. The lowest BCUT2D eigenvalue weighted by atomic mass is 9.75. The Morgan fingerprint density at radius 2 is 1.91 bits per heavy atom. The number of likely N-dealkylation sites (N-methyl/N-ethyl adjacent to an activating group) is 1. The second kappa shape index (κ2) is 11.8. The Balaban J connectivity index is 1.58. The second-order valence-electron chi connectivity index (χ2n) is 10.1. The fraction of sp³-hybridized carbons (Fsp3) is 0.593. The van der Waals surface area contributed by atoms with Gasteiger partial charge in [0, 0.05) is 45.8 Å². The minimum absolute atomic E-state index is 0.000250. The molecule has 4 rings (SSSR count). The number of benzene rings is 1. The van der Waals surface area contributed by atoms with E-state index in [1.165, 1.54) is 0 Å². The van der Waals surface area contributed by atoms with E-state index in [1.54, 1.807) is 7.05 Å². The van der Waals surface area contributed by atoms with Crippen molar-refractivity contribution in [1.82, 2.24) is 20.9 Å². The summed E-state index contributed by atoms with van der Waals surface area (Å²) in [5.41, 5.74) is 0.457. The maximum Gasteiger partial charge on any atom is 0.243 e. The van der Waals surface area contributed by atoms with Gasteiger partial charge in [0.2, 0.25) is 17.7 Å². The first-order chi connectivity index (χ1) is 17.0. The summed E-state index contributed by atoms with van der Waals surface area (Å²) in [5, 5.41) is 9.09. The summed E-state index contributed by atoms with van der Waals surface area (Å²) in [6.45, 7) is 2.97. The lowest BCUT2D eigenvalue weighted by Gasteiger charge is -2.40. The number of likely N-dealkylation sites (tertiary alicyclic amines) is 1. The van der Waals surface area contributed by atoms with Gasteiger partial charge in [0.1, 0.15) is 6.04 Å². The fourth-order valence-corrected chi connectivity index (χ4v) is 5.48. The van der Waals surface area contributed by atoms with Crippen molar-refractivity contribution in [2.75, 3.05) is 39.9 Å². The Morgan fingerprint density at radius 1 is 1.14 bits per heavy atom. The molecule has 1 spiro atoms. The molecule has 8 nitrogen and oxygen atoms in total. The van der Waals surface area contributed by atoms with Crippen LogP contribution in [-0.2, 0) is 25.5 Å². The highest BCUT2D eigenvalue weighted by Crippen LogP contribution is 2.36. The lowest BCUT2D eigenvalue weighted by Crippen LogP contribution is -2.58. The highest BCUT2D eigenvalue weighted by molar-refractivity contribution is 5.90. The van der Waals surface area contributed by atoms with Crippen molar-refractivity contribution in [1.29, 1.82) is 0 Å². The van der Waals surface area contributed by atoms with Crippen molar-refractivity contribution < 1.29 is 19.1 Å². The molecule has 0 aromatic heterocycles. The molecular formula is C27H38N4O4. The third-order valence-electron chi connectivity index (χ3n) is 7.74. The van der Waals surface area contributed by atoms with E-state index in [-0.39, 0.29) is 29.7 Å². The Morgan fingerprint density at radius 3 is 2.66 bits per heavy atom. The standard InChI is InChI=1S/C27H38N4O4/c1-28-24(32)19-31-14-10-22-21(18-31)9-5-6-11-27(12-15-35-16-13-27)26(34)30-23(25(33)29-22)17-20-7-3-2-4-8-20/h2-8,21-23H,9-19H2,1H3,(H,28,32)(H,29,33)(H,30,34)/b6-5+/t21-,22+,23+/m0/s1. The quantitative estimate of drug-likeness (QED) is 0.564. The van der Waals surface area contributed by atoms with Crippen molar-refractivity contribution in [3.63, 3.8) is 0 Å². The molecule has 190 valence electrons. The maximum absolute atomic E-state index is 13.6. The van der Waals surface area contributed by atoms with Gasteiger partial charge in [0.15, 0.2) is 0 Å². The van der Waals surface area contributed by atoms with Crippen LogP contribution in [0.2, 0.25) is 0 Å². The first-order valence-corrected chi connectivity index (χ1v) is 12.8. The van der Waals surface area contributed by atoms with Gasteiger partial charge in [-0.25, -0.2) is 0 Å². The zero-order valence-corrected chi connectivity index (χ0v) is 20.6. The topological polar surface area (TPSA) is 99.8 Å². The molecule has 3 aliphatic heterocycles. The van der Waals surface area contributed by atoms with Crippen molar-refractivity contribution >= 4 is 17.7 Å². The predicted molar refractivity (Wildman–Crippen MR) is 133 cm³/mol. The number of hydrogen-bond donors (Lipinski definition) is 3. The highest BCUT2D eigenvalue weighted by atomic mass is 16.5.